The summed E-state index contributed by atoms with van der Waals surface area (Å²) in [7, 11) is 0. The zero-order chi connectivity index (χ0) is 21.3. The van der Waals surface area contributed by atoms with Crippen LogP contribution in [0.3, 0.4) is 0 Å². The second kappa shape index (κ2) is 8.62. The van der Waals surface area contributed by atoms with Gasteiger partial charge in [0.2, 0.25) is 5.76 Å². The average Bonchev–Trinajstić information content (AvgIpc) is 3.12. The minimum absolute atomic E-state index is 0.0800. The van der Waals surface area contributed by atoms with Gasteiger partial charge in [-0.05, 0) is 56.4 Å². The van der Waals surface area contributed by atoms with E-state index in [0.29, 0.717) is 21.7 Å². The van der Waals surface area contributed by atoms with E-state index in [1.165, 1.54) is 16.2 Å². The molecule has 1 aliphatic rings. The van der Waals surface area contributed by atoms with Crippen LogP contribution in [0.2, 0.25) is 0 Å². The van der Waals surface area contributed by atoms with Gasteiger partial charge in [-0.2, -0.15) is 5.26 Å². The Morgan fingerprint density at radius 2 is 2.10 bits per heavy atom. The summed E-state index contributed by atoms with van der Waals surface area (Å²) in [6, 6.07) is 7.67. The van der Waals surface area contributed by atoms with Crippen molar-refractivity contribution in [3.05, 3.63) is 50.0 Å². The van der Waals surface area contributed by atoms with Crippen LogP contribution in [-0.2, 0) is 22.4 Å². The molecule has 1 aromatic carbocycles. The van der Waals surface area contributed by atoms with Crippen molar-refractivity contribution in [1.29, 1.82) is 5.26 Å². The first-order chi connectivity index (χ1) is 14.5. The van der Waals surface area contributed by atoms with Gasteiger partial charge in [-0.15, -0.1) is 11.3 Å². The highest BCUT2D eigenvalue weighted by Crippen LogP contribution is 2.37. The number of aryl methyl sites for hydroxylation is 2. The number of halogens is 1. The molecule has 4 rings (SSSR count). The third kappa shape index (κ3) is 4.00. The number of nitrogens with one attached hydrogen (secondary N) is 1. The Bertz CT molecular complexity index is 1190. The van der Waals surface area contributed by atoms with Crippen molar-refractivity contribution >= 4 is 55.1 Å². The average molecular weight is 487 g/mol. The number of carbonyl (C=O) groups is 2. The molecule has 0 saturated carbocycles. The molecule has 0 radical (unpaired) electrons. The molecule has 1 aliphatic carbocycles. The number of thiophene rings is 1. The Kier molecular flexibility index (Phi) is 5.93. The standard InChI is InChI=1S/C22H19BrN2O4S/c1-12-15-9-13(23)7-8-17(15)29-20(12)22(27)28-11-19(26)25-21-16(10-24)14-5-3-2-4-6-18(14)30-21/h7-9H,2-6,11H2,1H3,(H,25,26). The van der Waals surface area contributed by atoms with E-state index >= 15 is 0 Å². The fourth-order valence-corrected chi connectivity index (χ4v) is 5.31. The zero-order valence-corrected chi connectivity index (χ0v) is 18.7. The summed E-state index contributed by atoms with van der Waals surface area (Å²) >= 11 is 4.85. The van der Waals surface area contributed by atoms with Crippen LogP contribution in [0.5, 0.6) is 0 Å². The molecule has 0 saturated heterocycles. The van der Waals surface area contributed by atoms with Crippen LogP contribution in [0.15, 0.2) is 27.1 Å². The highest BCUT2D eigenvalue weighted by atomic mass is 79.9. The third-order valence-electron chi connectivity index (χ3n) is 5.20. The third-order valence-corrected chi connectivity index (χ3v) is 6.90. The highest BCUT2D eigenvalue weighted by Gasteiger charge is 2.23. The van der Waals surface area contributed by atoms with Gasteiger partial charge in [-0.25, -0.2) is 4.79 Å². The lowest BCUT2D eigenvalue weighted by Gasteiger charge is -2.05. The van der Waals surface area contributed by atoms with Crippen LogP contribution in [0.25, 0.3) is 11.0 Å². The molecule has 154 valence electrons. The van der Waals surface area contributed by atoms with Gasteiger partial charge in [0, 0.05) is 20.3 Å². The van der Waals surface area contributed by atoms with E-state index in [-0.39, 0.29) is 5.76 Å². The predicted molar refractivity (Wildman–Crippen MR) is 118 cm³/mol. The zero-order valence-electron chi connectivity index (χ0n) is 16.3. The quantitative estimate of drug-likeness (QED) is 0.388. The topological polar surface area (TPSA) is 92.3 Å². The van der Waals surface area contributed by atoms with E-state index in [9.17, 15) is 14.9 Å². The Morgan fingerprint density at radius 1 is 1.30 bits per heavy atom. The van der Waals surface area contributed by atoms with E-state index in [1.54, 1.807) is 13.0 Å². The molecule has 30 heavy (non-hydrogen) atoms. The minimum Gasteiger partial charge on any atom is -0.450 e. The molecule has 1 amide bonds. The van der Waals surface area contributed by atoms with Crippen molar-refractivity contribution in [2.45, 2.75) is 39.0 Å². The smallest absolute Gasteiger partial charge is 0.375 e. The van der Waals surface area contributed by atoms with Crippen LogP contribution in [0.1, 0.15) is 51.4 Å². The summed E-state index contributed by atoms with van der Waals surface area (Å²) in [6.45, 7) is 1.32. The number of esters is 1. The van der Waals surface area contributed by atoms with Gasteiger partial charge >= 0.3 is 5.97 Å². The van der Waals surface area contributed by atoms with Gasteiger partial charge in [-0.3, -0.25) is 4.79 Å². The van der Waals surface area contributed by atoms with Gasteiger partial charge < -0.3 is 14.5 Å². The molecule has 3 aromatic rings. The number of hydrogen-bond donors (Lipinski definition) is 1. The maximum absolute atomic E-state index is 12.4. The SMILES string of the molecule is Cc1c(C(=O)OCC(=O)Nc2sc3c(c2C#N)CCCCC3)oc2ccc(Br)cc12. The molecule has 0 fully saturated rings. The van der Waals surface area contributed by atoms with Gasteiger partial charge in [0.05, 0.1) is 5.56 Å². The molecule has 2 heterocycles. The lowest BCUT2D eigenvalue weighted by Crippen LogP contribution is -2.21. The molecule has 0 bridgehead atoms. The van der Waals surface area contributed by atoms with Crippen molar-refractivity contribution in [1.82, 2.24) is 0 Å². The fourth-order valence-electron chi connectivity index (χ4n) is 3.70. The first-order valence-electron chi connectivity index (χ1n) is 9.68. The predicted octanol–water partition coefficient (Wildman–Crippen LogP) is 5.50. The molecular formula is C22H19BrN2O4S. The van der Waals surface area contributed by atoms with E-state index in [4.69, 9.17) is 9.15 Å². The fraction of sp³-hybridized carbons (Fsp3) is 0.318. The van der Waals surface area contributed by atoms with Crippen molar-refractivity contribution in [2.24, 2.45) is 0 Å². The number of amides is 1. The number of rotatable bonds is 4. The molecule has 8 heteroatoms. The van der Waals surface area contributed by atoms with E-state index < -0.39 is 18.5 Å². The summed E-state index contributed by atoms with van der Waals surface area (Å²) in [4.78, 5) is 26.0. The molecule has 2 aromatic heterocycles. The molecule has 0 aliphatic heterocycles. The number of benzene rings is 1. The summed E-state index contributed by atoms with van der Waals surface area (Å²) in [5, 5.41) is 13.6. The van der Waals surface area contributed by atoms with Crippen molar-refractivity contribution in [3.63, 3.8) is 0 Å². The monoisotopic (exact) mass is 486 g/mol. The van der Waals surface area contributed by atoms with Crippen molar-refractivity contribution < 1.29 is 18.7 Å². The number of anilines is 1. The Morgan fingerprint density at radius 3 is 2.90 bits per heavy atom. The van der Waals surface area contributed by atoms with Gasteiger partial charge in [0.1, 0.15) is 16.7 Å². The number of furan rings is 1. The second-order valence-corrected chi connectivity index (χ2v) is 9.22. The molecule has 0 atom stereocenters. The number of carbonyl (C=O) groups excluding carboxylic acids is 2. The number of nitrogens with zero attached hydrogens (tertiary/aromatic N) is 1. The Hall–Kier alpha value is -2.63. The Balaban J connectivity index is 1.44. The van der Waals surface area contributed by atoms with Crippen molar-refractivity contribution in [3.8, 4) is 6.07 Å². The van der Waals surface area contributed by atoms with Crippen LogP contribution >= 0.6 is 27.3 Å². The molecule has 1 N–H and O–H groups in total. The highest BCUT2D eigenvalue weighted by molar-refractivity contribution is 9.10. The number of nitriles is 1. The van der Waals surface area contributed by atoms with Crippen LogP contribution in [-0.4, -0.2) is 18.5 Å². The number of fused-ring (bicyclic) bond motifs is 2. The largest absolute Gasteiger partial charge is 0.450 e. The molecule has 0 unspecified atom stereocenters. The van der Waals surface area contributed by atoms with Gasteiger partial charge in [-0.1, -0.05) is 22.4 Å². The normalized spacial score (nSPS) is 13.4. The summed E-state index contributed by atoms with van der Waals surface area (Å²) < 4.78 is 11.6. The molecule has 0 spiro atoms. The van der Waals surface area contributed by atoms with Gasteiger partial charge in [0.25, 0.3) is 5.91 Å². The van der Waals surface area contributed by atoms with E-state index in [0.717, 1.165) is 47.5 Å². The van der Waals surface area contributed by atoms with Crippen LogP contribution < -0.4 is 5.32 Å². The summed E-state index contributed by atoms with van der Waals surface area (Å²) in [5.74, 6) is -1.10. The van der Waals surface area contributed by atoms with E-state index in [2.05, 4.69) is 27.3 Å². The first-order valence-corrected chi connectivity index (χ1v) is 11.3. The number of ether oxygens (including phenoxy) is 1. The minimum atomic E-state index is -0.697. The van der Waals surface area contributed by atoms with Crippen molar-refractivity contribution in [2.75, 3.05) is 11.9 Å². The van der Waals surface area contributed by atoms with Crippen LogP contribution in [0, 0.1) is 18.3 Å². The molecular weight excluding hydrogens is 468 g/mol. The van der Waals surface area contributed by atoms with E-state index in [1.807, 2.05) is 12.1 Å². The lowest BCUT2D eigenvalue weighted by atomic mass is 10.1. The maximum atomic E-state index is 12.4. The molecule has 6 nitrogen and oxygen atoms in total. The first kappa shape index (κ1) is 20.6. The summed E-state index contributed by atoms with van der Waals surface area (Å²) in [6.07, 6.45) is 5.09. The Labute approximate surface area is 185 Å². The summed E-state index contributed by atoms with van der Waals surface area (Å²) in [5.41, 5.74) is 2.82. The second-order valence-electron chi connectivity index (χ2n) is 7.20. The number of hydrogen-bond acceptors (Lipinski definition) is 6. The maximum Gasteiger partial charge on any atom is 0.375 e. The van der Waals surface area contributed by atoms with Crippen LogP contribution in [0.4, 0.5) is 5.00 Å². The van der Waals surface area contributed by atoms with Gasteiger partial charge in [0.15, 0.2) is 6.61 Å². The lowest BCUT2D eigenvalue weighted by molar-refractivity contribution is -0.119.